The molecule has 3 rings (SSSR count). The van der Waals surface area contributed by atoms with Crippen LogP contribution in [0.15, 0.2) is 33.5 Å². The summed E-state index contributed by atoms with van der Waals surface area (Å²) in [5.41, 5.74) is 2.51. The molecule has 0 aliphatic carbocycles. The summed E-state index contributed by atoms with van der Waals surface area (Å²) in [6.45, 7) is 5.04. The lowest BCUT2D eigenvalue weighted by molar-refractivity contribution is 0.249. The predicted molar refractivity (Wildman–Crippen MR) is 82.3 cm³/mol. The van der Waals surface area contributed by atoms with E-state index in [9.17, 15) is 4.79 Å². The first-order valence-electron chi connectivity index (χ1n) is 7.52. The van der Waals surface area contributed by atoms with Crippen molar-refractivity contribution in [3.8, 4) is 0 Å². The largest absolute Gasteiger partial charge is 0.423 e. The van der Waals surface area contributed by atoms with Gasteiger partial charge in [0, 0.05) is 31.1 Å². The number of likely N-dealkylation sites (tertiary alicyclic amines) is 1. The standard InChI is InChI=1S/C17H21NO3/c1-12-2-3-15-14(9-17(20)21-16(15)8-12)11-18-6-4-13(10-18)5-7-19/h2-3,8-9,13,19H,4-7,10-11H2,1H3. The number of rotatable bonds is 4. The minimum atomic E-state index is -0.283. The lowest BCUT2D eigenvalue weighted by atomic mass is 10.1. The van der Waals surface area contributed by atoms with Gasteiger partial charge in [-0.3, -0.25) is 4.90 Å². The number of hydrogen-bond acceptors (Lipinski definition) is 4. The molecular formula is C17H21NO3. The highest BCUT2D eigenvalue weighted by Gasteiger charge is 2.22. The summed E-state index contributed by atoms with van der Waals surface area (Å²) in [4.78, 5) is 14.1. The van der Waals surface area contributed by atoms with Gasteiger partial charge in [-0.25, -0.2) is 4.79 Å². The Bertz CT molecular complexity index is 692. The lowest BCUT2D eigenvalue weighted by Crippen LogP contribution is -2.21. The molecule has 1 aliphatic heterocycles. The van der Waals surface area contributed by atoms with Gasteiger partial charge in [0.25, 0.3) is 0 Å². The fourth-order valence-corrected chi connectivity index (χ4v) is 3.18. The number of hydrogen-bond donors (Lipinski definition) is 1. The monoisotopic (exact) mass is 287 g/mol. The van der Waals surface area contributed by atoms with E-state index in [0.717, 1.165) is 49.0 Å². The third kappa shape index (κ3) is 3.17. The minimum Gasteiger partial charge on any atom is -0.423 e. The maximum absolute atomic E-state index is 11.7. The van der Waals surface area contributed by atoms with Crippen molar-refractivity contribution >= 4 is 11.0 Å². The van der Waals surface area contributed by atoms with E-state index < -0.39 is 0 Å². The quantitative estimate of drug-likeness (QED) is 0.877. The number of aliphatic hydroxyl groups is 1. The average Bonchev–Trinajstić information content (AvgIpc) is 2.85. The zero-order valence-electron chi connectivity index (χ0n) is 12.3. The van der Waals surface area contributed by atoms with E-state index in [2.05, 4.69) is 4.90 Å². The first-order valence-corrected chi connectivity index (χ1v) is 7.52. The second kappa shape index (κ2) is 6.00. The Kier molecular flexibility index (Phi) is 4.08. The van der Waals surface area contributed by atoms with E-state index in [1.807, 2.05) is 25.1 Å². The van der Waals surface area contributed by atoms with E-state index in [-0.39, 0.29) is 12.2 Å². The van der Waals surface area contributed by atoms with Crippen LogP contribution in [0, 0.1) is 12.8 Å². The van der Waals surface area contributed by atoms with Gasteiger partial charge in [-0.05, 0) is 49.4 Å². The van der Waals surface area contributed by atoms with Gasteiger partial charge in [0.05, 0.1) is 0 Å². The molecule has 2 aromatic rings. The van der Waals surface area contributed by atoms with Crippen LogP contribution in [0.2, 0.25) is 0 Å². The Morgan fingerprint density at radius 3 is 3.05 bits per heavy atom. The van der Waals surface area contributed by atoms with Crippen LogP contribution >= 0.6 is 0 Å². The molecule has 1 aromatic carbocycles. The smallest absolute Gasteiger partial charge is 0.336 e. The summed E-state index contributed by atoms with van der Waals surface area (Å²) in [5.74, 6) is 0.573. The van der Waals surface area contributed by atoms with Crippen molar-refractivity contribution in [3.63, 3.8) is 0 Å². The Balaban J connectivity index is 1.85. The third-order valence-corrected chi connectivity index (χ3v) is 4.29. The molecule has 1 N–H and O–H groups in total. The molecule has 0 spiro atoms. The summed E-state index contributed by atoms with van der Waals surface area (Å²) in [6, 6.07) is 7.60. The molecule has 1 aliphatic rings. The van der Waals surface area contributed by atoms with Gasteiger partial charge >= 0.3 is 5.63 Å². The van der Waals surface area contributed by atoms with Crippen LogP contribution < -0.4 is 5.63 Å². The first-order chi connectivity index (χ1) is 10.2. The Hall–Kier alpha value is -1.65. The molecule has 0 amide bonds. The van der Waals surface area contributed by atoms with Gasteiger partial charge in [-0.1, -0.05) is 12.1 Å². The molecule has 0 saturated carbocycles. The topological polar surface area (TPSA) is 53.7 Å². The van der Waals surface area contributed by atoms with Crippen LogP contribution in [0.1, 0.15) is 24.0 Å². The van der Waals surface area contributed by atoms with Crippen LogP contribution in [0.25, 0.3) is 11.0 Å². The molecule has 1 saturated heterocycles. The van der Waals surface area contributed by atoms with Crippen molar-refractivity contribution < 1.29 is 9.52 Å². The number of nitrogens with zero attached hydrogens (tertiary/aromatic N) is 1. The predicted octanol–water partition coefficient (Wildman–Crippen LogP) is 2.31. The summed E-state index contributed by atoms with van der Waals surface area (Å²) >= 11 is 0. The van der Waals surface area contributed by atoms with Crippen molar-refractivity contribution in [1.82, 2.24) is 4.90 Å². The summed E-state index contributed by atoms with van der Waals surface area (Å²) in [7, 11) is 0. The number of fused-ring (bicyclic) bond motifs is 1. The van der Waals surface area contributed by atoms with Gasteiger partial charge in [0.15, 0.2) is 0 Å². The van der Waals surface area contributed by atoms with E-state index in [1.54, 1.807) is 6.07 Å². The van der Waals surface area contributed by atoms with Crippen LogP contribution in [0.4, 0.5) is 0 Å². The average molecular weight is 287 g/mol. The lowest BCUT2D eigenvalue weighted by Gasteiger charge is -2.16. The molecule has 1 fully saturated rings. The fraction of sp³-hybridized carbons (Fsp3) is 0.471. The molecule has 1 aromatic heterocycles. The number of aryl methyl sites for hydroxylation is 1. The maximum Gasteiger partial charge on any atom is 0.336 e. The van der Waals surface area contributed by atoms with E-state index in [4.69, 9.17) is 9.52 Å². The Morgan fingerprint density at radius 2 is 2.24 bits per heavy atom. The van der Waals surface area contributed by atoms with Crippen molar-refractivity contribution in [1.29, 1.82) is 0 Å². The summed E-state index contributed by atoms with van der Waals surface area (Å²) in [6.07, 6.45) is 1.99. The SMILES string of the molecule is Cc1ccc2c(CN3CCC(CCO)C3)cc(=O)oc2c1. The molecule has 0 radical (unpaired) electrons. The summed E-state index contributed by atoms with van der Waals surface area (Å²) in [5, 5.41) is 10.1. The second-order valence-corrected chi connectivity index (χ2v) is 5.99. The van der Waals surface area contributed by atoms with Gasteiger partial charge in [0.2, 0.25) is 0 Å². The molecule has 1 atom stereocenters. The molecule has 4 nitrogen and oxygen atoms in total. The number of aliphatic hydroxyl groups excluding tert-OH is 1. The zero-order chi connectivity index (χ0) is 14.8. The first kappa shape index (κ1) is 14.3. The van der Waals surface area contributed by atoms with Gasteiger partial charge in [-0.15, -0.1) is 0 Å². The fourth-order valence-electron chi connectivity index (χ4n) is 3.18. The zero-order valence-corrected chi connectivity index (χ0v) is 12.3. The summed E-state index contributed by atoms with van der Waals surface area (Å²) < 4.78 is 5.30. The van der Waals surface area contributed by atoms with E-state index in [0.29, 0.717) is 11.5 Å². The van der Waals surface area contributed by atoms with Crippen molar-refractivity contribution in [2.75, 3.05) is 19.7 Å². The normalized spacial score (nSPS) is 19.4. The minimum absolute atomic E-state index is 0.260. The highest BCUT2D eigenvalue weighted by atomic mass is 16.4. The van der Waals surface area contributed by atoms with Crippen molar-refractivity contribution in [2.45, 2.75) is 26.3 Å². The maximum atomic E-state index is 11.7. The van der Waals surface area contributed by atoms with Gasteiger partial charge in [-0.2, -0.15) is 0 Å². The van der Waals surface area contributed by atoms with Crippen LogP contribution in [-0.4, -0.2) is 29.7 Å². The molecular weight excluding hydrogens is 266 g/mol. The second-order valence-electron chi connectivity index (χ2n) is 5.99. The molecule has 21 heavy (non-hydrogen) atoms. The van der Waals surface area contributed by atoms with Crippen LogP contribution in [-0.2, 0) is 6.54 Å². The highest BCUT2D eigenvalue weighted by Crippen LogP contribution is 2.24. The highest BCUT2D eigenvalue weighted by molar-refractivity contribution is 5.80. The Labute approximate surface area is 124 Å². The van der Waals surface area contributed by atoms with Gasteiger partial charge < -0.3 is 9.52 Å². The van der Waals surface area contributed by atoms with E-state index >= 15 is 0 Å². The van der Waals surface area contributed by atoms with E-state index in [1.165, 1.54) is 0 Å². The molecule has 4 heteroatoms. The van der Waals surface area contributed by atoms with Crippen LogP contribution in [0.3, 0.4) is 0 Å². The molecule has 112 valence electrons. The van der Waals surface area contributed by atoms with Crippen molar-refractivity contribution in [2.24, 2.45) is 5.92 Å². The number of benzene rings is 1. The molecule has 1 unspecified atom stereocenters. The van der Waals surface area contributed by atoms with Gasteiger partial charge in [0.1, 0.15) is 5.58 Å². The molecule has 2 heterocycles. The van der Waals surface area contributed by atoms with Crippen LogP contribution in [0.5, 0.6) is 0 Å². The Morgan fingerprint density at radius 1 is 1.38 bits per heavy atom. The third-order valence-electron chi connectivity index (χ3n) is 4.29. The molecule has 0 bridgehead atoms. The van der Waals surface area contributed by atoms with Crippen molar-refractivity contribution in [3.05, 3.63) is 45.8 Å².